The molecule has 0 N–H and O–H groups in total. The maximum Gasteiger partial charge on any atom is 0.352 e. The standard InChI is InChI=1S/C16H14BrNO6/c1-10(23-13-6-3-11(17)4-7-13)16(19)24-15-9-12(18(20)21)5-8-14(15)22-2/h3-10H,1-2H3. The zero-order chi connectivity index (χ0) is 17.7. The molecule has 1 unspecified atom stereocenters. The highest BCUT2D eigenvalue weighted by Gasteiger charge is 2.21. The molecule has 0 aromatic heterocycles. The van der Waals surface area contributed by atoms with E-state index in [2.05, 4.69) is 15.9 Å². The van der Waals surface area contributed by atoms with Gasteiger partial charge in [-0.2, -0.15) is 0 Å². The highest BCUT2D eigenvalue weighted by atomic mass is 79.9. The van der Waals surface area contributed by atoms with Gasteiger partial charge in [0, 0.05) is 10.5 Å². The molecule has 2 aromatic carbocycles. The molecule has 24 heavy (non-hydrogen) atoms. The summed E-state index contributed by atoms with van der Waals surface area (Å²) in [4.78, 5) is 22.4. The molecule has 0 radical (unpaired) electrons. The van der Waals surface area contributed by atoms with Crippen molar-refractivity contribution in [2.45, 2.75) is 13.0 Å². The molecule has 126 valence electrons. The fraction of sp³-hybridized carbons (Fsp3) is 0.188. The van der Waals surface area contributed by atoms with Crippen molar-refractivity contribution < 1.29 is 23.9 Å². The fourth-order valence-electron chi connectivity index (χ4n) is 1.82. The molecule has 0 amide bonds. The average molecular weight is 396 g/mol. The number of non-ortho nitro benzene ring substituents is 1. The van der Waals surface area contributed by atoms with E-state index in [9.17, 15) is 14.9 Å². The smallest absolute Gasteiger partial charge is 0.352 e. The number of nitrogens with zero attached hydrogens (tertiary/aromatic N) is 1. The van der Waals surface area contributed by atoms with Crippen molar-refractivity contribution in [3.05, 3.63) is 57.1 Å². The Kier molecular flexibility index (Phi) is 5.75. The first-order valence-electron chi connectivity index (χ1n) is 6.87. The maximum atomic E-state index is 12.2. The number of halogens is 1. The van der Waals surface area contributed by atoms with Gasteiger partial charge in [0.2, 0.25) is 0 Å². The number of methoxy groups -OCH3 is 1. The van der Waals surface area contributed by atoms with Gasteiger partial charge in [0.25, 0.3) is 5.69 Å². The van der Waals surface area contributed by atoms with Gasteiger partial charge < -0.3 is 14.2 Å². The van der Waals surface area contributed by atoms with Crippen LogP contribution in [0, 0.1) is 10.1 Å². The first-order valence-corrected chi connectivity index (χ1v) is 7.66. The molecule has 0 aliphatic carbocycles. The van der Waals surface area contributed by atoms with Crippen molar-refractivity contribution in [2.75, 3.05) is 7.11 Å². The molecule has 2 rings (SSSR count). The van der Waals surface area contributed by atoms with Crippen molar-refractivity contribution in [1.29, 1.82) is 0 Å². The number of benzene rings is 2. The highest BCUT2D eigenvalue weighted by Crippen LogP contribution is 2.31. The van der Waals surface area contributed by atoms with Gasteiger partial charge in [-0.05, 0) is 37.3 Å². The van der Waals surface area contributed by atoms with E-state index >= 15 is 0 Å². The highest BCUT2D eigenvalue weighted by molar-refractivity contribution is 9.10. The van der Waals surface area contributed by atoms with E-state index in [1.54, 1.807) is 24.3 Å². The van der Waals surface area contributed by atoms with Gasteiger partial charge >= 0.3 is 5.97 Å². The van der Waals surface area contributed by atoms with Crippen LogP contribution < -0.4 is 14.2 Å². The lowest BCUT2D eigenvalue weighted by Gasteiger charge is -2.15. The molecule has 0 spiro atoms. The number of nitro groups is 1. The Hall–Kier alpha value is -2.61. The van der Waals surface area contributed by atoms with Crippen molar-refractivity contribution in [1.82, 2.24) is 0 Å². The van der Waals surface area contributed by atoms with Crippen LogP contribution in [0.1, 0.15) is 6.92 Å². The van der Waals surface area contributed by atoms with E-state index in [4.69, 9.17) is 14.2 Å². The molecule has 0 aliphatic rings. The third kappa shape index (κ3) is 4.45. The summed E-state index contributed by atoms with van der Waals surface area (Å²) in [5.74, 6) is -0.0295. The molecule has 2 aromatic rings. The Morgan fingerprint density at radius 1 is 1.17 bits per heavy atom. The van der Waals surface area contributed by atoms with E-state index < -0.39 is 17.0 Å². The van der Waals surface area contributed by atoms with Crippen LogP contribution in [-0.2, 0) is 4.79 Å². The summed E-state index contributed by atoms with van der Waals surface area (Å²) in [7, 11) is 1.38. The molecular formula is C16H14BrNO6. The van der Waals surface area contributed by atoms with Gasteiger partial charge in [-0.15, -0.1) is 0 Å². The molecule has 7 nitrogen and oxygen atoms in total. The van der Waals surface area contributed by atoms with E-state index in [-0.39, 0.29) is 17.2 Å². The first kappa shape index (κ1) is 17.7. The van der Waals surface area contributed by atoms with Crippen LogP contribution in [0.25, 0.3) is 0 Å². The van der Waals surface area contributed by atoms with Crippen LogP contribution >= 0.6 is 15.9 Å². The lowest BCUT2D eigenvalue weighted by molar-refractivity contribution is -0.384. The molecule has 0 saturated carbocycles. The summed E-state index contributed by atoms with van der Waals surface area (Å²) >= 11 is 3.30. The minimum atomic E-state index is -0.907. The Bertz CT molecular complexity index is 747. The van der Waals surface area contributed by atoms with Crippen molar-refractivity contribution in [3.63, 3.8) is 0 Å². The summed E-state index contributed by atoms with van der Waals surface area (Å²) in [6, 6.07) is 10.7. The van der Waals surface area contributed by atoms with Crippen molar-refractivity contribution in [2.24, 2.45) is 0 Å². The lowest BCUT2D eigenvalue weighted by Crippen LogP contribution is -2.28. The number of ether oxygens (including phenoxy) is 3. The fourth-order valence-corrected chi connectivity index (χ4v) is 2.08. The minimum Gasteiger partial charge on any atom is -0.493 e. The molecule has 0 fully saturated rings. The van der Waals surface area contributed by atoms with E-state index in [0.29, 0.717) is 5.75 Å². The Labute approximate surface area is 146 Å². The monoisotopic (exact) mass is 395 g/mol. The van der Waals surface area contributed by atoms with Gasteiger partial charge in [0.1, 0.15) is 5.75 Å². The van der Waals surface area contributed by atoms with Gasteiger partial charge in [-0.1, -0.05) is 15.9 Å². The number of hydrogen-bond donors (Lipinski definition) is 0. The van der Waals surface area contributed by atoms with E-state index in [1.165, 1.54) is 26.2 Å². The van der Waals surface area contributed by atoms with Crippen molar-refractivity contribution >= 4 is 27.6 Å². The van der Waals surface area contributed by atoms with Crippen LogP contribution in [0.3, 0.4) is 0 Å². The van der Waals surface area contributed by atoms with Gasteiger partial charge in [-0.25, -0.2) is 4.79 Å². The number of esters is 1. The lowest BCUT2D eigenvalue weighted by atomic mass is 10.3. The summed E-state index contributed by atoms with van der Waals surface area (Å²) in [6.07, 6.45) is -0.907. The van der Waals surface area contributed by atoms with Crippen LogP contribution in [-0.4, -0.2) is 24.1 Å². The SMILES string of the molecule is COc1ccc([N+](=O)[O-])cc1OC(=O)C(C)Oc1ccc(Br)cc1. The van der Waals surface area contributed by atoms with Crippen LogP contribution in [0.15, 0.2) is 46.9 Å². The molecule has 0 heterocycles. The zero-order valence-corrected chi connectivity index (χ0v) is 14.5. The average Bonchev–Trinajstić information content (AvgIpc) is 2.56. The molecule has 1 atom stereocenters. The minimum absolute atomic E-state index is 0.0389. The number of rotatable bonds is 6. The van der Waals surface area contributed by atoms with Gasteiger partial charge in [0.05, 0.1) is 18.1 Å². The van der Waals surface area contributed by atoms with Gasteiger partial charge in [0.15, 0.2) is 17.6 Å². The second-order valence-electron chi connectivity index (χ2n) is 4.73. The second-order valence-corrected chi connectivity index (χ2v) is 5.64. The topological polar surface area (TPSA) is 87.9 Å². The predicted molar refractivity (Wildman–Crippen MR) is 89.5 cm³/mol. The first-order chi connectivity index (χ1) is 11.4. The van der Waals surface area contributed by atoms with Crippen LogP contribution in [0.2, 0.25) is 0 Å². The molecule has 8 heteroatoms. The number of carbonyl (C=O) groups excluding carboxylic acids is 1. The summed E-state index contributed by atoms with van der Waals surface area (Å²) in [6.45, 7) is 1.52. The zero-order valence-electron chi connectivity index (χ0n) is 12.9. The van der Waals surface area contributed by atoms with Crippen LogP contribution in [0.4, 0.5) is 5.69 Å². The Morgan fingerprint density at radius 2 is 1.83 bits per heavy atom. The molecule has 0 bridgehead atoms. The molecular weight excluding hydrogens is 382 g/mol. The number of carbonyl (C=O) groups is 1. The normalized spacial score (nSPS) is 11.5. The summed E-state index contributed by atoms with van der Waals surface area (Å²) in [5.41, 5.74) is -0.208. The largest absolute Gasteiger partial charge is 0.493 e. The van der Waals surface area contributed by atoms with E-state index in [0.717, 1.165) is 10.5 Å². The predicted octanol–water partition coefficient (Wildman–Crippen LogP) is 3.74. The van der Waals surface area contributed by atoms with E-state index in [1.807, 2.05) is 0 Å². The van der Waals surface area contributed by atoms with Crippen molar-refractivity contribution in [3.8, 4) is 17.2 Å². The number of hydrogen-bond acceptors (Lipinski definition) is 6. The maximum absolute atomic E-state index is 12.2. The number of nitro benzene ring substituents is 1. The van der Waals surface area contributed by atoms with Gasteiger partial charge in [-0.3, -0.25) is 10.1 Å². The summed E-state index contributed by atoms with van der Waals surface area (Å²) in [5, 5.41) is 10.8. The second kappa shape index (κ2) is 7.78. The van der Waals surface area contributed by atoms with Crippen LogP contribution in [0.5, 0.6) is 17.2 Å². The Balaban J connectivity index is 2.11. The quantitative estimate of drug-likeness (QED) is 0.320. The summed E-state index contributed by atoms with van der Waals surface area (Å²) < 4.78 is 16.6. The third-order valence-corrected chi connectivity index (χ3v) is 3.56. The molecule has 0 aliphatic heterocycles. The third-order valence-electron chi connectivity index (χ3n) is 3.03. The Morgan fingerprint density at radius 3 is 2.42 bits per heavy atom. The molecule has 0 saturated heterocycles.